The molecule has 0 fully saturated rings. The molecular formula is C13H11F4N3O3S. The Labute approximate surface area is 134 Å². The molecule has 0 atom stereocenters. The van der Waals surface area contributed by atoms with Crippen LogP contribution in [0.2, 0.25) is 0 Å². The first-order valence-corrected chi connectivity index (χ1v) is 7.81. The molecule has 1 amide bonds. The molecule has 24 heavy (non-hydrogen) atoms. The maximum absolute atomic E-state index is 13.2. The molecule has 0 aliphatic heterocycles. The second kappa shape index (κ2) is 6.24. The van der Waals surface area contributed by atoms with E-state index < -0.39 is 38.4 Å². The monoisotopic (exact) mass is 365 g/mol. The normalized spacial score (nSPS) is 12.2. The lowest BCUT2D eigenvalue weighted by atomic mass is 10.2. The summed E-state index contributed by atoms with van der Waals surface area (Å²) in [7, 11) is -2.98. The number of sulfonamides is 1. The van der Waals surface area contributed by atoms with E-state index in [9.17, 15) is 30.8 Å². The average Bonchev–Trinajstić information content (AvgIpc) is 2.90. The molecule has 130 valence electrons. The van der Waals surface area contributed by atoms with Crippen LogP contribution in [0.3, 0.4) is 0 Å². The minimum absolute atomic E-state index is 0.118. The van der Waals surface area contributed by atoms with Crippen molar-refractivity contribution in [3.63, 3.8) is 0 Å². The molecule has 0 aliphatic rings. The number of hydrazine groups is 1. The van der Waals surface area contributed by atoms with Crippen LogP contribution in [0.4, 0.5) is 17.6 Å². The van der Waals surface area contributed by atoms with Crippen LogP contribution in [-0.2, 0) is 23.2 Å². The maximum atomic E-state index is 13.2. The van der Waals surface area contributed by atoms with Crippen molar-refractivity contribution in [1.82, 2.24) is 14.8 Å². The molecule has 11 heteroatoms. The van der Waals surface area contributed by atoms with Crippen molar-refractivity contribution in [2.24, 2.45) is 7.05 Å². The van der Waals surface area contributed by atoms with Gasteiger partial charge in [-0.15, -0.1) is 4.83 Å². The predicted molar refractivity (Wildman–Crippen MR) is 74.6 cm³/mol. The van der Waals surface area contributed by atoms with Crippen LogP contribution < -0.4 is 10.3 Å². The SMILES string of the molecule is Cn1cccc1C(=O)NNS(=O)(=O)c1ccc(F)c(C(F)(F)F)c1. The number of alkyl halides is 3. The van der Waals surface area contributed by atoms with Gasteiger partial charge in [0.05, 0.1) is 10.5 Å². The van der Waals surface area contributed by atoms with Crippen LogP contribution in [0.1, 0.15) is 16.1 Å². The molecule has 0 bridgehead atoms. The third kappa shape index (κ3) is 3.74. The Morgan fingerprint density at radius 2 is 1.88 bits per heavy atom. The summed E-state index contributed by atoms with van der Waals surface area (Å²) >= 11 is 0. The smallest absolute Gasteiger partial charge is 0.347 e. The largest absolute Gasteiger partial charge is 0.419 e. The van der Waals surface area contributed by atoms with Gasteiger partial charge in [-0.25, -0.2) is 12.8 Å². The van der Waals surface area contributed by atoms with Gasteiger partial charge in [-0.05, 0) is 30.3 Å². The number of carbonyl (C=O) groups excluding carboxylic acids is 1. The zero-order chi connectivity index (χ0) is 18.1. The number of carbonyl (C=O) groups is 1. The molecule has 0 spiro atoms. The van der Waals surface area contributed by atoms with Crippen LogP contribution in [0, 0.1) is 5.82 Å². The van der Waals surface area contributed by atoms with E-state index >= 15 is 0 Å². The number of nitrogens with one attached hydrogen (secondary N) is 2. The van der Waals surface area contributed by atoms with Crippen molar-refractivity contribution in [3.05, 3.63) is 53.6 Å². The number of halogens is 4. The van der Waals surface area contributed by atoms with Crippen LogP contribution >= 0.6 is 0 Å². The van der Waals surface area contributed by atoms with Gasteiger partial charge in [-0.1, -0.05) is 0 Å². The Balaban J connectivity index is 2.22. The minimum atomic E-state index is -5.05. The van der Waals surface area contributed by atoms with E-state index in [4.69, 9.17) is 0 Å². The first-order valence-electron chi connectivity index (χ1n) is 6.32. The van der Waals surface area contributed by atoms with Crippen molar-refractivity contribution in [3.8, 4) is 0 Å². The molecule has 1 aromatic heterocycles. The van der Waals surface area contributed by atoms with Crippen molar-refractivity contribution in [2.75, 3.05) is 0 Å². The lowest BCUT2D eigenvalue weighted by Crippen LogP contribution is -2.42. The summed E-state index contributed by atoms with van der Waals surface area (Å²) in [5, 5.41) is 0. The fraction of sp³-hybridized carbons (Fsp3) is 0.154. The number of hydrogen-bond acceptors (Lipinski definition) is 3. The number of nitrogens with zero attached hydrogens (tertiary/aromatic N) is 1. The van der Waals surface area contributed by atoms with Gasteiger partial charge < -0.3 is 4.57 Å². The molecule has 0 unspecified atom stereocenters. The number of amides is 1. The summed E-state index contributed by atoms with van der Waals surface area (Å²) in [5.74, 6) is -2.42. The van der Waals surface area contributed by atoms with Gasteiger partial charge in [0.2, 0.25) is 0 Å². The Hall–Kier alpha value is -2.40. The zero-order valence-electron chi connectivity index (χ0n) is 12.1. The highest BCUT2D eigenvalue weighted by Gasteiger charge is 2.35. The molecule has 0 radical (unpaired) electrons. The lowest BCUT2D eigenvalue weighted by Gasteiger charge is -2.12. The quantitative estimate of drug-likeness (QED) is 0.641. The number of aromatic nitrogens is 1. The number of rotatable bonds is 4. The molecule has 1 aromatic carbocycles. The van der Waals surface area contributed by atoms with Gasteiger partial charge in [0, 0.05) is 13.2 Å². The molecule has 0 saturated heterocycles. The predicted octanol–water partition coefficient (Wildman–Crippen LogP) is 1.81. The van der Waals surface area contributed by atoms with Gasteiger partial charge in [0.25, 0.3) is 15.9 Å². The van der Waals surface area contributed by atoms with Gasteiger partial charge in [-0.3, -0.25) is 10.2 Å². The van der Waals surface area contributed by atoms with E-state index in [0.717, 1.165) is 0 Å². The topological polar surface area (TPSA) is 80.2 Å². The van der Waals surface area contributed by atoms with E-state index in [1.807, 2.05) is 5.43 Å². The van der Waals surface area contributed by atoms with Crippen molar-refractivity contribution < 1.29 is 30.8 Å². The highest BCUT2D eigenvalue weighted by molar-refractivity contribution is 7.89. The molecule has 0 aliphatic carbocycles. The van der Waals surface area contributed by atoms with Crippen LogP contribution in [0.15, 0.2) is 41.4 Å². The lowest BCUT2D eigenvalue weighted by molar-refractivity contribution is -0.140. The van der Waals surface area contributed by atoms with Gasteiger partial charge >= 0.3 is 6.18 Å². The zero-order valence-corrected chi connectivity index (χ0v) is 12.9. The molecular weight excluding hydrogens is 354 g/mol. The van der Waals surface area contributed by atoms with E-state index in [1.165, 1.54) is 10.6 Å². The van der Waals surface area contributed by atoms with Gasteiger partial charge in [-0.2, -0.15) is 13.2 Å². The molecule has 6 nitrogen and oxygen atoms in total. The third-order valence-electron chi connectivity index (χ3n) is 3.03. The molecule has 2 rings (SSSR count). The van der Waals surface area contributed by atoms with Gasteiger partial charge in [0.1, 0.15) is 11.5 Å². The standard InChI is InChI=1S/C13H11F4N3O3S/c1-20-6-2-3-11(20)12(21)18-19-24(22,23)8-4-5-10(14)9(7-8)13(15,16)17/h2-7,19H,1H3,(H,18,21). The van der Waals surface area contributed by atoms with Crippen molar-refractivity contribution in [1.29, 1.82) is 0 Å². The molecule has 0 saturated carbocycles. The summed E-state index contributed by atoms with van der Waals surface area (Å²) in [5.41, 5.74) is 0.260. The first kappa shape index (κ1) is 17.9. The Kier molecular flexibility index (Phi) is 4.67. The fourth-order valence-corrected chi connectivity index (χ4v) is 2.69. The average molecular weight is 365 g/mol. The minimum Gasteiger partial charge on any atom is -0.347 e. The molecule has 2 aromatic rings. The highest BCUT2D eigenvalue weighted by atomic mass is 32.2. The van der Waals surface area contributed by atoms with E-state index in [-0.39, 0.29) is 11.8 Å². The molecule has 1 heterocycles. The Morgan fingerprint density at radius 3 is 2.42 bits per heavy atom. The first-order chi connectivity index (χ1) is 11.0. The summed E-state index contributed by atoms with van der Waals surface area (Å²) in [6.45, 7) is 0. The van der Waals surface area contributed by atoms with Crippen LogP contribution in [0.25, 0.3) is 0 Å². The number of aryl methyl sites for hydroxylation is 1. The number of hydrogen-bond donors (Lipinski definition) is 2. The molecule has 2 N–H and O–H groups in total. The highest BCUT2D eigenvalue weighted by Crippen LogP contribution is 2.32. The van der Waals surface area contributed by atoms with E-state index in [2.05, 4.69) is 0 Å². The van der Waals surface area contributed by atoms with E-state index in [0.29, 0.717) is 12.1 Å². The summed E-state index contributed by atoms with van der Waals surface area (Å²) < 4.78 is 76.4. The summed E-state index contributed by atoms with van der Waals surface area (Å²) in [6, 6.07) is 4.13. The third-order valence-corrected chi connectivity index (χ3v) is 4.27. The van der Waals surface area contributed by atoms with Gasteiger partial charge in [0.15, 0.2) is 0 Å². The Bertz CT molecular complexity index is 875. The van der Waals surface area contributed by atoms with Crippen LogP contribution in [0.5, 0.6) is 0 Å². The second-order valence-corrected chi connectivity index (χ2v) is 6.39. The second-order valence-electron chi connectivity index (χ2n) is 4.70. The summed E-state index contributed by atoms with van der Waals surface area (Å²) in [4.78, 5) is 12.6. The van der Waals surface area contributed by atoms with Crippen LogP contribution in [-0.4, -0.2) is 18.9 Å². The van der Waals surface area contributed by atoms with E-state index in [1.54, 1.807) is 24.1 Å². The maximum Gasteiger partial charge on any atom is 0.419 e. The van der Waals surface area contributed by atoms with Crippen molar-refractivity contribution in [2.45, 2.75) is 11.1 Å². The summed E-state index contributed by atoms with van der Waals surface area (Å²) in [6.07, 6.45) is -3.51. The fourth-order valence-electron chi connectivity index (χ4n) is 1.82. The number of benzene rings is 1. The van der Waals surface area contributed by atoms with Crippen molar-refractivity contribution >= 4 is 15.9 Å². The Morgan fingerprint density at radius 1 is 1.21 bits per heavy atom.